The molecule has 150 valence electrons. The fraction of sp³-hybridized carbons (Fsp3) is 0.500. The molecule has 2 N–H and O–H groups in total. The number of urea groups is 1. The molecule has 1 aliphatic heterocycles. The number of carbonyl (C=O) groups excluding carboxylic acids is 1. The van der Waals surface area contributed by atoms with Crippen LogP contribution in [0.4, 0.5) is 10.6 Å². The second-order valence-electron chi connectivity index (χ2n) is 7.31. The standard InChI is InChI=1S/C20H26N4O4/c1-12-8-19(24(23-12)13(2)14-4-5-14)22-20(25)21-11-15-9-17-18(10-16(15)26-3)28-7-6-27-17/h8-10,13-14H,4-7,11H2,1-3H3,(H2,21,22,25)/t13-/m0/s1. The van der Waals surface area contributed by atoms with Crippen molar-refractivity contribution in [1.29, 1.82) is 0 Å². The highest BCUT2D eigenvalue weighted by atomic mass is 16.6. The van der Waals surface area contributed by atoms with Crippen LogP contribution in [0.15, 0.2) is 18.2 Å². The van der Waals surface area contributed by atoms with Crippen molar-refractivity contribution in [1.82, 2.24) is 15.1 Å². The first kappa shape index (κ1) is 18.5. The molecule has 8 heteroatoms. The smallest absolute Gasteiger partial charge is 0.320 e. The van der Waals surface area contributed by atoms with Gasteiger partial charge in [-0.15, -0.1) is 0 Å². The number of anilines is 1. The van der Waals surface area contributed by atoms with E-state index in [0.717, 1.165) is 11.3 Å². The van der Waals surface area contributed by atoms with Crippen molar-refractivity contribution < 1.29 is 19.0 Å². The van der Waals surface area contributed by atoms with E-state index in [1.807, 2.05) is 23.7 Å². The number of benzene rings is 1. The van der Waals surface area contributed by atoms with E-state index in [2.05, 4.69) is 22.7 Å². The maximum absolute atomic E-state index is 12.5. The molecule has 4 rings (SSSR count). The SMILES string of the molecule is COc1cc2c(cc1CNC(=O)Nc1cc(C)nn1[C@@H](C)C1CC1)OCCO2. The molecular formula is C20H26N4O4. The van der Waals surface area contributed by atoms with E-state index >= 15 is 0 Å². The van der Waals surface area contributed by atoms with Crippen molar-refractivity contribution in [3.63, 3.8) is 0 Å². The number of aromatic nitrogens is 2. The number of hydrogen-bond acceptors (Lipinski definition) is 5. The molecule has 8 nitrogen and oxygen atoms in total. The molecule has 0 bridgehead atoms. The zero-order valence-electron chi connectivity index (χ0n) is 16.4. The summed E-state index contributed by atoms with van der Waals surface area (Å²) in [5.41, 5.74) is 1.70. The highest BCUT2D eigenvalue weighted by molar-refractivity contribution is 5.88. The maximum atomic E-state index is 12.5. The Hall–Kier alpha value is -2.90. The van der Waals surface area contributed by atoms with Crippen molar-refractivity contribution in [3.8, 4) is 17.2 Å². The first-order chi connectivity index (χ1) is 13.5. The summed E-state index contributed by atoms with van der Waals surface area (Å²) in [6.07, 6.45) is 2.44. The third-order valence-corrected chi connectivity index (χ3v) is 5.17. The predicted molar refractivity (Wildman–Crippen MR) is 104 cm³/mol. The molecule has 28 heavy (non-hydrogen) atoms. The van der Waals surface area contributed by atoms with E-state index < -0.39 is 0 Å². The maximum Gasteiger partial charge on any atom is 0.320 e. The number of aryl methyl sites for hydroxylation is 1. The third kappa shape index (κ3) is 3.85. The van der Waals surface area contributed by atoms with Crippen molar-refractivity contribution in [2.24, 2.45) is 5.92 Å². The van der Waals surface area contributed by atoms with Gasteiger partial charge in [0.05, 0.1) is 18.8 Å². The lowest BCUT2D eigenvalue weighted by molar-refractivity contribution is 0.170. The number of amides is 2. The Bertz CT molecular complexity index is 875. The summed E-state index contributed by atoms with van der Waals surface area (Å²) in [7, 11) is 1.59. The zero-order chi connectivity index (χ0) is 19.7. The number of nitrogens with zero attached hydrogens (tertiary/aromatic N) is 2. The molecule has 1 aromatic heterocycles. The van der Waals surface area contributed by atoms with Gasteiger partial charge in [-0.2, -0.15) is 5.10 Å². The van der Waals surface area contributed by atoms with Crippen molar-refractivity contribution >= 4 is 11.8 Å². The van der Waals surface area contributed by atoms with Crippen LogP contribution in [-0.4, -0.2) is 36.1 Å². The van der Waals surface area contributed by atoms with Gasteiger partial charge in [0.25, 0.3) is 0 Å². The summed E-state index contributed by atoms with van der Waals surface area (Å²) in [6.45, 7) is 5.40. The van der Waals surface area contributed by atoms with Crippen LogP contribution in [0.2, 0.25) is 0 Å². The van der Waals surface area contributed by atoms with Gasteiger partial charge in [-0.05, 0) is 38.7 Å². The van der Waals surface area contributed by atoms with Crippen molar-refractivity contribution in [2.75, 3.05) is 25.6 Å². The molecule has 2 aromatic rings. The van der Waals surface area contributed by atoms with Crippen LogP contribution < -0.4 is 24.8 Å². The Labute approximate surface area is 164 Å². The predicted octanol–water partition coefficient (Wildman–Crippen LogP) is 3.26. The van der Waals surface area contributed by atoms with Gasteiger partial charge >= 0.3 is 6.03 Å². The molecule has 0 spiro atoms. The van der Waals surface area contributed by atoms with E-state index in [1.54, 1.807) is 13.2 Å². The van der Waals surface area contributed by atoms with Gasteiger partial charge in [-0.3, -0.25) is 5.32 Å². The van der Waals surface area contributed by atoms with Crippen molar-refractivity contribution in [2.45, 2.75) is 39.3 Å². The number of methoxy groups -OCH3 is 1. The van der Waals surface area contributed by atoms with Gasteiger partial charge in [0.15, 0.2) is 11.5 Å². The molecule has 0 unspecified atom stereocenters. The Morgan fingerprint density at radius 2 is 2.00 bits per heavy atom. The van der Waals surface area contributed by atoms with E-state index in [4.69, 9.17) is 14.2 Å². The normalized spacial score (nSPS) is 16.4. The lowest BCUT2D eigenvalue weighted by atomic mass is 10.1. The van der Waals surface area contributed by atoms with E-state index in [-0.39, 0.29) is 12.1 Å². The summed E-state index contributed by atoms with van der Waals surface area (Å²) in [6, 6.07) is 5.52. The van der Waals surface area contributed by atoms with Crippen LogP contribution in [0, 0.1) is 12.8 Å². The van der Waals surface area contributed by atoms with E-state index in [0.29, 0.717) is 48.7 Å². The van der Waals surface area contributed by atoms with Crippen LogP contribution in [-0.2, 0) is 6.54 Å². The summed E-state index contributed by atoms with van der Waals surface area (Å²) in [4.78, 5) is 12.5. The molecule has 2 aliphatic rings. The van der Waals surface area contributed by atoms with Crippen LogP contribution in [0.5, 0.6) is 17.2 Å². The van der Waals surface area contributed by atoms with Crippen LogP contribution in [0.25, 0.3) is 0 Å². The third-order valence-electron chi connectivity index (χ3n) is 5.17. The van der Waals surface area contributed by atoms with Gasteiger partial charge in [-0.1, -0.05) is 0 Å². The molecule has 1 aliphatic carbocycles. The largest absolute Gasteiger partial charge is 0.496 e. The van der Waals surface area contributed by atoms with Gasteiger partial charge in [-0.25, -0.2) is 9.48 Å². The fourth-order valence-electron chi connectivity index (χ4n) is 3.48. The second-order valence-corrected chi connectivity index (χ2v) is 7.31. The molecule has 1 saturated carbocycles. The monoisotopic (exact) mass is 386 g/mol. The molecule has 1 aromatic carbocycles. The second kappa shape index (κ2) is 7.61. The average Bonchev–Trinajstić information content (AvgIpc) is 3.48. The zero-order valence-corrected chi connectivity index (χ0v) is 16.4. The van der Waals surface area contributed by atoms with Crippen LogP contribution in [0.3, 0.4) is 0 Å². The Kier molecular flexibility index (Phi) is 5.02. The molecule has 2 amide bonds. The van der Waals surface area contributed by atoms with Gasteiger partial charge in [0, 0.05) is 24.2 Å². The number of rotatable bonds is 6. The minimum Gasteiger partial charge on any atom is -0.496 e. The minimum absolute atomic E-state index is 0.280. The Balaban J connectivity index is 1.43. The lowest BCUT2D eigenvalue weighted by Crippen LogP contribution is -2.30. The quantitative estimate of drug-likeness (QED) is 0.796. The minimum atomic E-state index is -0.291. The topological polar surface area (TPSA) is 86.6 Å². The first-order valence-electron chi connectivity index (χ1n) is 9.62. The molecule has 0 radical (unpaired) electrons. The summed E-state index contributed by atoms with van der Waals surface area (Å²) in [5, 5.41) is 10.3. The fourth-order valence-corrected chi connectivity index (χ4v) is 3.48. The summed E-state index contributed by atoms with van der Waals surface area (Å²) >= 11 is 0. The van der Waals surface area contributed by atoms with Gasteiger partial charge in [0.1, 0.15) is 24.8 Å². The highest BCUT2D eigenvalue weighted by Gasteiger charge is 2.31. The number of nitrogens with one attached hydrogen (secondary N) is 2. The molecular weight excluding hydrogens is 360 g/mol. The first-order valence-corrected chi connectivity index (χ1v) is 9.62. The Morgan fingerprint density at radius 1 is 1.29 bits per heavy atom. The molecule has 0 saturated heterocycles. The van der Waals surface area contributed by atoms with Crippen molar-refractivity contribution in [3.05, 3.63) is 29.5 Å². The number of fused-ring (bicyclic) bond motifs is 1. The number of hydrogen-bond donors (Lipinski definition) is 2. The van der Waals surface area contributed by atoms with Gasteiger partial charge < -0.3 is 19.5 Å². The highest BCUT2D eigenvalue weighted by Crippen LogP contribution is 2.40. The van der Waals surface area contributed by atoms with Gasteiger partial charge in [0.2, 0.25) is 0 Å². The summed E-state index contributed by atoms with van der Waals surface area (Å²) in [5.74, 6) is 3.32. The average molecular weight is 386 g/mol. The molecule has 2 heterocycles. The lowest BCUT2D eigenvalue weighted by Gasteiger charge is -2.21. The van der Waals surface area contributed by atoms with E-state index in [1.165, 1.54) is 12.8 Å². The van der Waals surface area contributed by atoms with Crippen LogP contribution >= 0.6 is 0 Å². The number of carbonyl (C=O) groups is 1. The van der Waals surface area contributed by atoms with E-state index in [9.17, 15) is 4.79 Å². The molecule has 1 fully saturated rings. The summed E-state index contributed by atoms with van der Waals surface area (Å²) < 4.78 is 18.5. The van der Waals surface area contributed by atoms with Crippen LogP contribution in [0.1, 0.15) is 37.1 Å². The molecule has 1 atom stereocenters. The Morgan fingerprint density at radius 3 is 2.68 bits per heavy atom. The number of ether oxygens (including phenoxy) is 3.